The Labute approximate surface area is 129 Å². The Balaban J connectivity index is 2.27. The van der Waals surface area contributed by atoms with Crippen molar-refractivity contribution in [1.29, 1.82) is 0 Å². The number of hydrogen-bond acceptors (Lipinski definition) is 4. The molecule has 21 heavy (non-hydrogen) atoms. The molecule has 108 valence electrons. The zero-order valence-electron chi connectivity index (χ0n) is 11.1. The van der Waals surface area contributed by atoms with Gasteiger partial charge in [-0.25, -0.2) is 0 Å². The monoisotopic (exact) mass is 349 g/mol. The fraction of sp³-hybridized carbons (Fsp3) is 0.0714. The number of carbonyl (C=O) groups is 1. The molecule has 7 heteroatoms. The van der Waals surface area contributed by atoms with Crippen LogP contribution in [-0.2, 0) is 0 Å². The highest BCUT2D eigenvalue weighted by Gasteiger charge is 2.16. The molecule has 0 atom stereocenters. The Morgan fingerprint density at radius 1 is 1.24 bits per heavy atom. The summed E-state index contributed by atoms with van der Waals surface area (Å²) in [5.74, 6) is -0.404. The van der Waals surface area contributed by atoms with Crippen LogP contribution in [0.25, 0.3) is 0 Å². The second-order valence-electron chi connectivity index (χ2n) is 4.20. The Morgan fingerprint density at radius 2 is 2.00 bits per heavy atom. The minimum atomic E-state index is -0.526. The van der Waals surface area contributed by atoms with Gasteiger partial charge in [-0.3, -0.25) is 14.9 Å². The molecule has 0 aliphatic rings. The van der Waals surface area contributed by atoms with Gasteiger partial charge in [0, 0.05) is 28.8 Å². The molecule has 0 spiro atoms. The molecule has 0 unspecified atom stereocenters. The molecule has 2 rings (SSSR count). The van der Waals surface area contributed by atoms with Gasteiger partial charge in [0.15, 0.2) is 0 Å². The normalized spacial score (nSPS) is 10.0. The summed E-state index contributed by atoms with van der Waals surface area (Å²) in [6.45, 7) is 0. The molecule has 0 aromatic heterocycles. The molecule has 0 saturated carbocycles. The van der Waals surface area contributed by atoms with E-state index in [4.69, 9.17) is 0 Å². The second-order valence-corrected chi connectivity index (χ2v) is 5.12. The van der Waals surface area contributed by atoms with E-state index in [0.29, 0.717) is 11.4 Å². The lowest BCUT2D eigenvalue weighted by Gasteiger charge is -2.07. The average molecular weight is 350 g/mol. The first kappa shape index (κ1) is 15.0. The largest absolute Gasteiger partial charge is 0.383 e. The fourth-order valence-electron chi connectivity index (χ4n) is 1.80. The first-order valence-corrected chi connectivity index (χ1v) is 6.83. The number of amides is 1. The molecule has 1 amide bonds. The predicted octanol–water partition coefficient (Wildman–Crippen LogP) is 3.65. The topological polar surface area (TPSA) is 84.3 Å². The van der Waals surface area contributed by atoms with Crippen LogP contribution in [0.4, 0.5) is 17.1 Å². The average Bonchev–Trinajstić information content (AvgIpc) is 2.46. The van der Waals surface area contributed by atoms with Crippen molar-refractivity contribution < 1.29 is 9.72 Å². The summed E-state index contributed by atoms with van der Waals surface area (Å²) >= 11 is 3.31. The molecular formula is C14H12BrN3O3. The van der Waals surface area contributed by atoms with Gasteiger partial charge in [0.25, 0.3) is 11.6 Å². The molecule has 0 radical (unpaired) electrons. The number of nitrogens with zero attached hydrogens (tertiary/aromatic N) is 1. The van der Waals surface area contributed by atoms with E-state index in [1.165, 1.54) is 18.2 Å². The number of anilines is 2. The molecule has 0 saturated heterocycles. The maximum absolute atomic E-state index is 12.1. The van der Waals surface area contributed by atoms with E-state index in [0.717, 1.165) is 4.47 Å². The van der Waals surface area contributed by atoms with Crippen LogP contribution in [0.15, 0.2) is 46.9 Å². The first-order valence-electron chi connectivity index (χ1n) is 6.04. The lowest BCUT2D eigenvalue weighted by atomic mass is 10.1. The van der Waals surface area contributed by atoms with Crippen LogP contribution in [0.2, 0.25) is 0 Å². The molecule has 0 heterocycles. The van der Waals surface area contributed by atoms with Crippen molar-refractivity contribution in [2.24, 2.45) is 0 Å². The number of nitrogens with one attached hydrogen (secondary N) is 2. The van der Waals surface area contributed by atoms with E-state index in [9.17, 15) is 14.9 Å². The second kappa shape index (κ2) is 6.36. The number of nitro benzene ring substituents is 1. The van der Waals surface area contributed by atoms with Gasteiger partial charge < -0.3 is 10.6 Å². The van der Waals surface area contributed by atoms with Gasteiger partial charge in [0.2, 0.25) is 0 Å². The van der Waals surface area contributed by atoms with E-state index < -0.39 is 10.8 Å². The van der Waals surface area contributed by atoms with Crippen LogP contribution in [0.3, 0.4) is 0 Å². The predicted molar refractivity (Wildman–Crippen MR) is 84.7 cm³/mol. The Hall–Kier alpha value is -2.41. The number of hydrogen-bond donors (Lipinski definition) is 2. The zero-order valence-corrected chi connectivity index (χ0v) is 12.7. The summed E-state index contributed by atoms with van der Waals surface area (Å²) in [7, 11) is 1.59. The van der Waals surface area contributed by atoms with Crippen molar-refractivity contribution >= 4 is 38.9 Å². The number of halogens is 1. The van der Waals surface area contributed by atoms with Crippen molar-refractivity contribution in [2.45, 2.75) is 0 Å². The van der Waals surface area contributed by atoms with Crippen LogP contribution in [-0.4, -0.2) is 17.9 Å². The number of nitro groups is 1. The van der Waals surface area contributed by atoms with Crippen molar-refractivity contribution in [2.75, 3.05) is 17.7 Å². The van der Waals surface area contributed by atoms with Crippen LogP contribution in [0.5, 0.6) is 0 Å². The van der Waals surface area contributed by atoms with E-state index in [-0.39, 0.29) is 11.3 Å². The van der Waals surface area contributed by atoms with Gasteiger partial charge in [-0.2, -0.15) is 0 Å². The molecule has 2 N–H and O–H groups in total. The molecule has 0 aliphatic heterocycles. The number of carbonyl (C=O) groups excluding carboxylic acids is 1. The third-order valence-electron chi connectivity index (χ3n) is 2.81. The third kappa shape index (κ3) is 3.57. The van der Waals surface area contributed by atoms with Gasteiger partial charge in [-0.15, -0.1) is 0 Å². The zero-order chi connectivity index (χ0) is 15.4. The van der Waals surface area contributed by atoms with Gasteiger partial charge in [0.05, 0.1) is 4.92 Å². The Bertz CT molecular complexity index is 704. The van der Waals surface area contributed by atoms with Crippen molar-refractivity contribution in [3.63, 3.8) is 0 Å². The minimum absolute atomic E-state index is 0.139. The van der Waals surface area contributed by atoms with Crippen LogP contribution >= 0.6 is 15.9 Å². The smallest absolute Gasteiger partial charge is 0.293 e. The minimum Gasteiger partial charge on any atom is -0.383 e. The molecule has 0 fully saturated rings. The van der Waals surface area contributed by atoms with Gasteiger partial charge in [-0.1, -0.05) is 22.0 Å². The maximum Gasteiger partial charge on any atom is 0.293 e. The molecule has 2 aromatic rings. The summed E-state index contributed by atoms with van der Waals surface area (Å²) in [6.07, 6.45) is 0. The van der Waals surface area contributed by atoms with Crippen molar-refractivity contribution in [3.8, 4) is 0 Å². The Morgan fingerprint density at radius 3 is 2.62 bits per heavy atom. The lowest BCUT2D eigenvalue weighted by molar-refractivity contribution is -0.384. The molecule has 2 aromatic carbocycles. The highest BCUT2D eigenvalue weighted by atomic mass is 79.9. The molecule has 0 bridgehead atoms. The third-order valence-corrected chi connectivity index (χ3v) is 3.30. The van der Waals surface area contributed by atoms with Gasteiger partial charge in [0.1, 0.15) is 5.69 Å². The quantitative estimate of drug-likeness (QED) is 0.651. The summed E-state index contributed by atoms with van der Waals surface area (Å²) in [5.41, 5.74) is 1.05. The number of rotatable bonds is 4. The van der Waals surface area contributed by atoms with E-state index in [1.54, 1.807) is 25.2 Å². The molecule has 6 nitrogen and oxygen atoms in total. The summed E-state index contributed by atoms with van der Waals surface area (Å²) < 4.78 is 0.830. The molecular weight excluding hydrogens is 338 g/mol. The molecule has 0 aliphatic carbocycles. The van der Waals surface area contributed by atoms with Crippen LogP contribution in [0.1, 0.15) is 10.4 Å². The fourth-order valence-corrected chi connectivity index (χ4v) is 2.20. The SMILES string of the molecule is CNc1ccc(C(=O)Nc2cccc(Br)c2)cc1[N+](=O)[O-]. The summed E-state index contributed by atoms with van der Waals surface area (Å²) in [6, 6.07) is 11.4. The maximum atomic E-state index is 12.1. The highest BCUT2D eigenvalue weighted by molar-refractivity contribution is 9.10. The van der Waals surface area contributed by atoms with Crippen LogP contribution in [0, 0.1) is 10.1 Å². The van der Waals surface area contributed by atoms with Crippen molar-refractivity contribution in [1.82, 2.24) is 0 Å². The Kier molecular flexibility index (Phi) is 4.54. The van der Waals surface area contributed by atoms with E-state index >= 15 is 0 Å². The first-order chi connectivity index (χ1) is 10.0. The number of benzene rings is 2. The van der Waals surface area contributed by atoms with Gasteiger partial charge in [-0.05, 0) is 30.3 Å². The summed E-state index contributed by atoms with van der Waals surface area (Å²) in [4.78, 5) is 22.6. The lowest BCUT2D eigenvalue weighted by Crippen LogP contribution is -2.12. The highest BCUT2D eigenvalue weighted by Crippen LogP contribution is 2.25. The van der Waals surface area contributed by atoms with Crippen LogP contribution < -0.4 is 10.6 Å². The standard InChI is InChI=1S/C14H12BrN3O3/c1-16-12-6-5-9(7-13(12)18(20)21)14(19)17-11-4-2-3-10(15)8-11/h2-8,16H,1H3,(H,17,19). The van der Waals surface area contributed by atoms with Crippen molar-refractivity contribution in [3.05, 3.63) is 62.6 Å². The van der Waals surface area contributed by atoms with E-state index in [1.807, 2.05) is 6.07 Å². The van der Waals surface area contributed by atoms with E-state index in [2.05, 4.69) is 26.6 Å². The summed E-state index contributed by atoms with van der Waals surface area (Å²) in [5, 5.41) is 16.4. The van der Waals surface area contributed by atoms with Gasteiger partial charge >= 0.3 is 0 Å².